The van der Waals surface area contributed by atoms with Gasteiger partial charge in [0.25, 0.3) is 0 Å². The maximum Gasteiger partial charge on any atom is 0.337 e. The molecule has 2 N–H and O–H groups in total. The Bertz CT molecular complexity index is 641. The molecule has 0 aliphatic heterocycles. The van der Waals surface area contributed by atoms with Gasteiger partial charge in [-0.3, -0.25) is 0 Å². The van der Waals surface area contributed by atoms with E-state index in [1.54, 1.807) is 0 Å². The zero-order valence-corrected chi connectivity index (χ0v) is 13.5. The van der Waals surface area contributed by atoms with E-state index in [0.717, 1.165) is 10.4 Å². The van der Waals surface area contributed by atoms with Crippen LogP contribution < -0.4 is 5.32 Å². The summed E-state index contributed by atoms with van der Waals surface area (Å²) in [5.41, 5.74) is 0.220. The summed E-state index contributed by atoms with van der Waals surface area (Å²) in [5, 5.41) is 12.0. The van der Waals surface area contributed by atoms with E-state index in [4.69, 9.17) is 0 Å². The van der Waals surface area contributed by atoms with Crippen molar-refractivity contribution in [1.29, 1.82) is 0 Å². The predicted molar refractivity (Wildman–Crippen MR) is 80.8 cm³/mol. The number of carboxylic acids is 1. The minimum atomic E-state index is -3.67. The van der Waals surface area contributed by atoms with Gasteiger partial charge in [-0.25, -0.2) is 17.5 Å². The fourth-order valence-corrected chi connectivity index (χ4v) is 2.49. The lowest BCUT2D eigenvalue weighted by atomic mass is 10.2. The maximum atomic E-state index is 12.0. The second kappa shape index (κ2) is 6.38. The van der Waals surface area contributed by atoms with E-state index >= 15 is 0 Å². The smallest absolute Gasteiger partial charge is 0.337 e. The number of nitrogens with zero attached hydrogens (tertiary/aromatic N) is 1. The number of carbonyl (C=O) groups is 1. The molecule has 1 aromatic carbocycles. The average Bonchev–Trinajstić information content (AvgIpc) is 2.35. The van der Waals surface area contributed by atoms with Crippen molar-refractivity contribution < 1.29 is 18.3 Å². The summed E-state index contributed by atoms with van der Waals surface area (Å²) < 4.78 is 25.6. The quantitative estimate of drug-likeness (QED) is 0.807. The van der Waals surface area contributed by atoms with Crippen LogP contribution in [0.15, 0.2) is 34.2 Å². The molecule has 0 unspecified atom stereocenters. The second-order valence-corrected chi connectivity index (χ2v) is 7.44. The topological polar surface area (TPSA) is 86.7 Å². The van der Waals surface area contributed by atoms with Gasteiger partial charge in [0.15, 0.2) is 0 Å². The third kappa shape index (κ3) is 3.81. The monoisotopic (exact) mass is 362 g/mol. The largest absolute Gasteiger partial charge is 0.478 e. The number of hydrogen-bond acceptors (Lipinski definition) is 4. The Morgan fingerprint density at radius 1 is 1.45 bits per heavy atom. The molecule has 0 aromatic heterocycles. The Morgan fingerprint density at radius 3 is 2.50 bits per heavy atom. The molecule has 0 amide bonds. The zero-order chi connectivity index (χ0) is 15.5. The molecule has 0 radical (unpaired) electrons. The van der Waals surface area contributed by atoms with Gasteiger partial charge in [0.1, 0.15) is 0 Å². The van der Waals surface area contributed by atoms with Crippen LogP contribution in [0.2, 0.25) is 0 Å². The highest BCUT2D eigenvalue weighted by molar-refractivity contribution is 9.11. The number of anilines is 1. The molecule has 1 aromatic rings. The van der Waals surface area contributed by atoms with Crippen molar-refractivity contribution in [3.8, 4) is 0 Å². The molecule has 0 bridgehead atoms. The molecule has 0 saturated carbocycles. The Hall–Kier alpha value is -1.38. The number of aromatic carboxylic acids is 1. The summed E-state index contributed by atoms with van der Waals surface area (Å²) in [7, 11) is -0.894. The molecule has 0 aliphatic rings. The van der Waals surface area contributed by atoms with Crippen molar-refractivity contribution in [3.63, 3.8) is 0 Å². The number of sulfonamides is 1. The molecular formula is C12H15BrN2O4S. The molecule has 8 heteroatoms. The van der Waals surface area contributed by atoms with Crippen LogP contribution in [0.3, 0.4) is 0 Å². The standard InChI is InChI=1S/C12H15BrN2O4S/c1-8(13)7-14-11-5-4-9(6-10(11)12(16)17)20(18,19)15(2)3/h4-6,14H,1,7H2,2-3H3,(H,16,17). The third-order valence-electron chi connectivity index (χ3n) is 2.47. The Labute approximate surface area is 126 Å². The molecule has 0 spiro atoms. The molecule has 20 heavy (non-hydrogen) atoms. The third-order valence-corrected chi connectivity index (χ3v) is 4.56. The zero-order valence-electron chi connectivity index (χ0n) is 11.1. The van der Waals surface area contributed by atoms with E-state index in [1.165, 1.54) is 26.2 Å². The van der Waals surface area contributed by atoms with Gasteiger partial charge >= 0.3 is 5.97 Å². The first-order chi connectivity index (χ1) is 9.16. The number of nitrogens with one attached hydrogen (secondary N) is 1. The number of rotatable bonds is 6. The van der Waals surface area contributed by atoms with Crippen LogP contribution in [0.25, 0.3) is 0 Å². The van der Waals surface area contributed by atoms with Crippen molar-refractivity contribution in [3.05, 3.63) is 34.8 Å². The first-order valence-corrected chi connectivity index (χ1v) is 7.76. The average molecular weight is 363 g/mol. The second-order valence-electron chi connectivity index (χ2n) is 4.17. The molecule has 1 rings (SSSR count). The van der Waals surface area contributed by atoms with E-state index < -0.39 is 16.0 Å². The number of benzene rings is 1. The van der Waals surface area contributed by atoms with Gasteiger partial charge in [-0.05, 0) is 18.2 Å². The summed E-state index contributed by atoms with van der Waals surface area (Å²) in [6.45, 7) is 3.96. The number of hydrogen-bond donors (Lipinski definition) is 2. The van der Waals surface area contributed by atoms with Gasteiger partial charge < -0.3 is 10.4 Å². The van der Waals surface area contributed by atoms with Crippen LogP contribution in [-0.4, -0.2) is 44.4 Å². The molecule has 0 fully saturated rings. The highest BCUT2D eigenvalue weighted by Gasteiger charge is 2.20. The number of halogens is 1. The van der Waals surface area contributed by atoms with Gasteiger partial charge in [0, 0.05) is 30.8 Å². The van der Waals surface area contributed by atoms with Crippen LogP contribution in [0.5, 0.6) is 0 Å². The van der Waals surface area contributed by atoms with Crippen LogP contribution in [0, 0.1) is 0 Å². The first-order valence-electron chi connectivity index (χ1n) is 5.53. The van der Waals surface area contributed by atoms with Gasteiger partial charge in [-0.1, -0.05) is 22.5 Å². The molecular weight excluding hydrogens is 348 g/mol. The highest BCUT2D eigenvalue weighted by Crippen LogP contribution is 2.22. The molecule has 0 saturated heterocycles. The normalized spacial score (nSPS) is 11.4. The first kappa shape index (κ1) is 16.7. The van der Waals surface area contributed by atoms with Gasteiger partial charge in [0.05, 0.1) is 10.5 Å². The summed E-state index contributed by atoms with van der Waals surface area (Å²) in [6, 6.07) is 3.92. The van der Waals surface area contributed by atoms with Crippen LogP contribution in [0.1, 0.15) is 10.4 Å². The van der Waals surface area contributed by atoms with Gasteiger partial charge in [-0.2, -0.15) is 0 Å². The van der Waals surface area contributed by atoms with Gasteiger partial charge in [-0.15, -0.1) is 0 Å². The van der Waals surface area contributed by atoms with Crippen LogP contribution in [-0.2, 0) is 10.0 Å². The maximum absolute atomic E-state index is 12.0. The van der Waals surface area contributed by atoms with E-state index in [2.05, 4.69) is 27.8 Å². The van der Waals surface area contributed by atoms with E-state index in [9.17, 15) is 18.3 Å². The minimum absolute atomic E-state index is 0.0666. The van der Waals surface area contributed by atoms with E-state index in [1.807, 2.05) is 0 Å². The molecule has 0 aliphatic carbocycles. The minimum Gasteiger partial charge on any atom is -0.478 e. The SMILES string of the molecule is C=C(Br)CNc1ccc(S(=O)(=O)N(C)C)cc1C(=O)O. The molecule has 0 heterocycles. The van der Waals surface area contributed by atoms with E-state index in [0.29, 0.717) is 16.7 Å². The number of carboxylic acid groups (broad SMARTS) is 1. The van der Waals surface area contributed by atoms with Crippen LogP contribution in [0.4, 0.5) is 5.69 Å². The lowest BCUT2D eigenvalue weighted by Gasteiger charge is -2.14. The lowest BCUT2D eigenvalue weighted by Crippen LogP contribution is -2.22. The van der Waals surface area contributed by atoms with Crippen molar-refractivity contribution in [1.82, 2.24) is 4.31 Å². The summed E-state index contributed by atoms with van der Waals surface area (Å²) >= 11 is 3.15. The Kier molecular flexibility index (Phi) is 5.32. The molecule has 6 nitrogen and oxygen atoms in total. The fourth-order valence-electron chi connectivity index (χ4n) is 1.42. The predicted octanol–water partition coefficient (Wildman–Crippen LogP) is 1.96. The molecule has 110 valence electrons. The van der Waals surface area contributed by atoms with Crippen molar-refractivity contribution in [2.24, 2.45) is 0 Å². The summed E-state index contributed by atoms with van der Waals surface area (Å²) in [6.07, 6.45) is 0. The van der Waals surface area contributed by atoms with E-state index in [-0.39, 0.29) is 10.5 Å². The summed E-state index contributed by atoms with van der Waals surface area (Å²) in [4.78, 5) is 11.2. The fraction of sp³-hybridized carbons (Fsp3) is 0.250. The lowest BCUT2D eigenvalue weighted by molar-refractivity contribution is 0.0697. The Balaban J connectivity index is 3.27. The van der Waals surface area contributed by atoms with Crippen molar-refractivity contribution in [2.75, 3.05) is 26.0 Å². The summed E-state index contributed by atoms with van der Waals surface area (Å²) in [5.74, 6) is -1.21. The van der Waals surface area contributed by atoms with Crippen molar-refractivity contribution >= 4 is 37.6 Å². The Morgan fingerprint density at radius 2 is 2.05 bits per heavy atom. The van der Waals surface area contributed by atoms with Crippen molar-refractivity contribution in [2.45, 2.75) is 4.90 Å². The highest BCUT2D eigenvalue weighted by atomic mass is 79.9. The molecule has 0 atom stereocenters. The van der Waals surface area contributed by atoms with Gasteiger partial charge in [0.2, 0.25) is 10.0 Å². The van der Waals surface area contributed by atoms with Crippen LogP contribution >= 0.6 is 15.9 Å².